The summed E-state index contributed by atoms with van der Waals surface area (Å²) < 4.78 is 10.3. The number of unbranched alkanes of at least 4 members (excludes halogenated alkanes) is 2. The van der Waals surface area contributed by atoms with Crippen molar-refractivity contribution >= 4 is 0 Å². The average Bonchev–Trinajstić information content (AvgIpc) is 2.20. The molecule has 0 aromatic heterocycles. The van der Waals surface area contributed by atoms with Gasteiger partial charge in [0.2, 0.25) is 0 Å². The summed E-state index contributed by atoms with van der Waals surface area (Å²) in [7, 11) is 0. The molecular weight excluding hydrogens is 239 g/mol. The van der Waals surface area contributed by atoms with Gasteiger partial charge in [-0.3, -0.25) is 0 Å². The molecule has 0 saturated carbocycles. The van der Waals surface area contributed by atoms with Gasteiger partial charge < -0.3 is 0 Å². The van der Waals surface area contributed by atoms with E-state index in [0.29, 0.717) is 0 Å². The third-order valence-electron chi connectivity index (χ3n) is 3.09. The minimum atomic E-state index is -2.01. The standard InChI is InChI=1S/C5H11O.3C2H5.Zr/c1-2-3-4-5-6;3*1-2;/h2-5H2,1H3;3*1H2,2H3;/q-1;;;;+1. The van der Waals surface area contributed by atoms with Crippen LogP contribution in [0.25, 0.3) is 0 Å². The monoisotopic (exact) mass is 264 g/mol. The van der Waals surface area contributed by atoms with Crippen LogP contribution in [-0.2, 0) is 23.5 Å². The van der Waals surface area contributed by atoms with Crippen LogP contribution < -0.4 is 0 Å². The Kier molecular flexibility index (Phi) is 8.71. The number of rotatable bonds is 8. The zero-order chi connectivity index (χ0) is 10.2. The molecule has 2 heteroatoms. The Hall–Kier alpha value is 0.843. The Morgan fingerprint density at radius 3 is 1.77 bits per heavy atom. The summed E-state index contributed by atoms with van der Waals surface area (Å²) in [5.41, 5.74) is 0. The quantitative estimate of drug-likeness (QED) is 0.584. The topological polar surface area (TPSA) is 9.23 Å². The molecule has 0 spiro atoms. The molecule has 0 unspecified atom stereocenters. The van der Waals surface area contributed by atoms with Crippen molar-refractivity contribution in [3.8, 4) is 0 Å². The molecule has 0 aliphatic rings. The van der Waals surface area contributed by atoms with Gasteiger partial charge in [0.25, 0.3) is 0 Å². The SMILES string of the molecule is CCCCC[O][Zr]([CH2]C)([CH2]C)[CH2]C. The number of hydrogen-bond acceptors (Lipinski definition) is 1. The summed E-state index contributed by atoms with van der Waals surface area (Å²) in [5.74, 6) is 0. The van der Waals surface area contributed by atoms with Crippen LogP contribution in [0.1, 0.15) is 47.0 Å². The fourth-order valence-corrected chi connectivity index (χ4v) is 8.31. The Balaban J connectivity index is 3.68. The molecule has 0 bridgehead atoms. The molecule has 13 heavy (non-hydrogen) atoms. The van der Waals surface area contributed by atoms with Gasteiger partial charge in [0.1, 0.15) is 0 Å². The first kappa shape index (κ1) is 13.8. The summed E-state index contributed by atoms with van der Waals surface area (Å²) in [6, 6.07) is 0. The normalized spacial score (nSPS) is 12.0. The van der Waals surface area contributed by atoms with E-state index in [4.69, 9.17) is 2.81 Å². The van der Waals surface area contributed by atoms with E-state index in [1.165, 1.54) is 31.6 Å². The van der Waals surface area contributed by atoms with E-state index in [2.05, 4.69) is 27.7 Å². The van der Waals surface area contributed by atoms with Crippen molar-refractivity contribution in [2.75, 3.05) is 6.61 Å². The van der Waals surface area contributed by atoms with Gasteiger partial charge in [-0.25, -0.2) is 0 Å². The van der Waals surface area contributed by atoms with Gasteiger partial charge in [-0.2, -0.15) is 0 Å². The van der Waals surface area contributed by atoms with Crippen molar-refractivity contribution in [2.24, 2.45) is 0 Å². The molecule has 0 amide bonds. The van der Waals surface area contributed by atoms with Crippen molar-refractivity contribution in [2.45, 2.75) is 59.3 Å². The van der Waals surface area contributed by atoms with Crippen LogP contribution >= 0.6 is 0 Å². The molecule has 0 aromatic carbocycles. The Morgan fingerprint density at radius 2 is 1.38 bits per heavy atom. The second-order valence-electron chi connectivity index (χ2n) is 3.80. The molecule has 0 N–H and O–H groups in total. The molecule has 0 radical (unpaired) electrons. The van der Waals surface area contributed by atoms with Gasteiger partial charge in [0, 0.05) is 0 Å². The summed E-state index contributed by atoms with van der Waals surface area (Å²) in [6.07, 6.45) is 3.91. The van der Waals surface area contributed by atoms with E-state index >= 15 is 0 Å². The van der Waals surface area contributed by atoms with Crippen molar-refractivity contribution in [3.05, 3.63) is 0 Å². The average molecular weight is 266 g/mol. The Labute approximate surface area is 89.3 Å². The molecule has 1 nitrogen and oxygen atoms in total. The van der Waals surface area contributed by atoms with Gasteiger partial charge in [0.05, 0.1) is 0 Å². The first-order valence-electron chi connectivity index (χ1n) is 5.88. The summed E-state index contributed by atoms with van der Waals surface area (Å²) in [6.45, 7) is 10.3. The predicted octanol–water partition coefficient (Wildman–Crippen LogP) is 4.58. The Morgan fingerprint density at radius 1 is 0.846 bits per heavy atom. The number of hydrogen-bond donors (Lipinski definition) is 0. The molecule has 0 heterocycles. The maximum atomic E-state index is 6.19. The molecule has 0 aliphatic carbocycles. The van der Waals surface area contributed by atoms with Gasteiger partial charge in [-0.05, 0) is 0 Å². The molecule has 0 saturated heterocycles. The second kappa shape index (κ2) is 8.18. The second-order valence-corrected chi connectivity index (χ2v) is 15.5. The minimum absolute atomic E-state index is 1.04. The van der Waals surface area contributed by atoms with Crippen LogP contribution in [0.3, 0.4) is 0 Å². The fraction of sp³-hybridized carbons (Fsp3) is 1.00. The van der Waals surface area contributed by atoms with E-state index in [-0.39, 0.29) is 0 Å². The van der Waals surface area contributed by atoms with Crippen LogP contribution in [0.5, 0.6) is 0 Å². The third kappa shape index (κ3) is 5.32. The van der Waals surface area contributed by atoms with Crippen molar-refractivity contribution < 1.29 is 23.5 Å². The van der Waals surface area contributed by atoms with Crippen LogP contribution in [-0.4, -0.2) is 6.61 Å². The molecule has 0 rings (SSSR count). The van der Waals surface area contributed by atoms with E-state index in [1.54, 1.807) is 0 Å². The van der Waals surface area contributed by atoms with Gasteiger partial charge in [-0.15, -0.1) is 0 Å². The first-order chi connectivity index (χ1) is 6.24. The maximum absolute atomic E-state index is 6.19. The zero-order valence-corrected chi connectivity index (χ0v) is 12.3. The molecule has 0 fully saturated rings. The van der Waals surface area contributed by atoms with E-state index in [9.17, 15) is 0 Å². The molecular formula is C11H26OZr. The summed E-state index contributed by atoms with van der Waals surface area (Å²) in [5, 5.41) is 0. The third-order valence-corrected chi connectivity index (χ3v) is 14.6. The first-order valence-corrected chi connectivity index (χ1v) is 12.1. The summed E-state index contributed by atoms with van der Waals surface area (Å²) >= 11 is -2.01. The fourth-order valence-electron chi connectivity index (χ4n) is 1.70. The van der Waals surface area contributed by atoms with Gasteiger partial charge in [0.15, 0.2) is 0 Å². The summed E-state index contributed by atoms with van der Waals surface area (Å²) in [4.78, 5) is 0. The van der Waals surface area contributed by atoms with Gasteiger partial charge >= 0.3 is 89.5 Å². The Bertz CT molecular complexity index is 102. The molecule has 80 valence electrons. The molecule has 0 aromatic rings. The van der Waals surface area contributed by atoms with Crippen molar-refractivity contribution in [3.63, 3.8) is 0 Å². The van der Waals surface area contributed by atoms with E-state index in [1.807, 2.05) is 0 Å². The zero-order valence-electron chi connectivity index (χ0n) is 9.86. The molecule has 0 atom stereocenters. The van der Waals surface area contributed by atoms with E-state index in [0.717, 1.165) is 6.61 Å². The van der Waals surface area contributed by atoms with Crippen LogP contribution in [0.4, 0.5) is 0 Å². The van der Waals surface area contributed by atoms with Crippen molar-refractivity contribution in [1.82, 2.24) is 0 Å². The van der Waals surface area contributed by atoms with Gasteiger partial charge in [-0.1, -0.05) is 0 Å². The van der Waals surface area contributed by atoms with E-state index < -0.39 is 20.7 Å². The van der Waals surface area contributed by atoms with Crippen LogP contribution in [0.15, 0.2) is 0 Å². The predicted molar refractivity (Wildman–Crippen MR) is 56.9 cm³/mol. The van der Waals surface area contributed by atoms with Crippen LogP contribution in [0, 0.1) is 0 Å². The molecule has 0 aliphatic heterocycles. The van der Waals surface area contributed by atoms with Crippen LogP contribution in [0.2, 0.25) is 12.4 Å². The van der Waals surface area contributed by atoms with Crippen molar-refractivity contribution in [1.29, 1.82) is 0 Å².